The van der Waals surface area contributed by atoms with Crippen LogP contribution in [0.1, 0.15) is 15.2 Å². The molecule has 1 aromatic carbocycles. The molecule has 104 valence electrons. The van der Waals surface area contributed by atoms with Crippen LogP contribution in [0.4, 0.5) is 11.4 Å². The SMILES string of the molecule is Cc1csc(C(=O)Nc2c(O)cccc2[N+](=O)[O-])c1Cl. The van der Waals surface area contributed by atoms with Crippen LogP contribution in [0.5, 0.6) is 5.75 Å². The van der Waals surface area contributed by atoms with E-state index in [9.17, 15) is 20.0 Å². The molecule has 0 aliphatic heterocycles. The molecule has 0 radical (unpaired) electrons. The van der Waals surface area contributed by atoms with Crippen molar-refractivity contribution in [2.75, 3.05) is 5.32 Å². The summed E-state index contributed by atoms with van der Waals surface area (Å²) in [6.07, 6.45) is 0. The number of benzene rings is 1. The average molecular weight is 313 g/mol. The number of aryl methyl sites for hydroxylation is 1. The molecule has 2 rings (SSSR count). The van der Waals surface area contributed by atoms with Gasteiger partial charge in [-0.1, -0.05) is 17.7 Å². The number of carbonyl (C=O) groups excluding carboxylic acids is 1. The maximum atomic E-state index is 12.1. The highest BCUT2D eigenvalue weighted by molar-refractivity contribution is 7.13. The molecule has 8 heteroatoms. The first-order valence-electron chi connectivity index (χ1n) is 5.43. The number of aromatic hydroxyl groups is 1. The number of hydrogen-bond acceptors (Lipinski definition) is 5. The summed E-state index contributed by atoms with van der Waals surface area (Å²) in [6.45, 7) is 1.75. The Labute approximate surface area is 122 Å². The summed E-state index contributed by atoms with van der Waals surface area (Å²) < 4.78 is 0. The van der Waals surface area contributed by atoms with Crippen molar-refractivity contribution >= 4 is 40.2 Å². The number of anilines is 1. The van der Waals surface area contributed by atoms with Crippen LogP contribution in [0.15, 0.2) is 23.6 Å². The highest BCUT2D eigenvalue weighted by Crippen LogP contribution is 2.35. The lowest BCUT2D eigenvalue weighted by Crippen LogP contribution is -2.12. The second-order valence-corrected chi connectivity index (χ2v) is 5.20. The summed E-state index contributed by atoms with van der Waals surface area (Å²) in [5.41, 5.74) is 0.112. The Balaban J connectivity index is 2.38. The number of phenolic OH excluding ortho intramolecular Hbond substituents is 1. The predicted molar refractivity (Wildman–Crippen MR) is 76.8 cm³/mol. The second-order valence-electron chi connectivity index (χ2n) is 3.94. The van der Waals surface area contributed by atoms with Gasteiger partial charge in [-0.05, 0) is 23.9 Å². The van der Waals surface area contributed by atoms with E-state index < -0.39 is 10.8 Å². The van der Waals surface area contributed by atoms with Crippen LogP contribution in [0, 0.1) is 17.0 Å². The molecule has 0 atom stereocenters. The van der Waals surface area contributed by atoms with E-state index in [0.29, 0.717) is 5.02 Å². The first-order valence-corrected chi connectivity index (χ1v) is 6.69. The average Bonchev–Trinajstić information content (AvgIpc) is 2.72. The number of phenols is 1. The third-order valence-electron chi connectivity index (χ3n) is 2.56. The van der Waals surface area contributed by atoms with Crippen molar-refractivity contribution in [2.24, 2.45) is 0 Å². The number of amides is 1. The zero-order chi connectivity index (χ0) is 14.9. The van der Waals surface area contributed by atoms with Crippen molar-refractivity contribution in [2.45, 2.75) is 6.92 Å². The topological polar surface area (TPSA) is 92.5 Å². The van der Waals surface area contributed by atoms with Gasteiger partial charge in [0.25, 0.3) is 11.6 Å². The molecule has 0 saturated heterocycles. The molecule has 2 aromatic rings. The van der Waals surface area contributed by atoms with Gasteiger partial charge in [0.2, 0.25) is 0 Å². The van der Waals surface area contributed by atoms with Crippen LogP contribution >= 0.6 is 22.9 Å². The third kappa shape index (κ3) is 2.59. The Kier molecular flexibility index (Phi) is 3.91. The van der Waals surface area contributed by atoms with Gasteiger partial charge in [0.1, 0.15) is 10.6 Å². The zero-order valence-electron chi connectivity index (χ0n) is 10.2. The van der Waals surface area contributed by atoms with Gasteiger partial charge in [0, 0.05) is 6.07 Å². The summed E-state index contributed by atoms with van der Waals surface area (Å²) in [6, 6.07) is 3.77. The molecule has 1 amide bonds. The normalized spacial score (nSPS) is 10.3. The van der Waals surface area contributed by atoms with Crippen LogP contribution in [0.25, 0.3) is 0 Å². The van der Waals surface area contributed by atoms with E-state index in [1.54, 1.807) is 12.3 Å². The van der Waals surface area contributed by atoms with E-state index >= 15 is 0 Å². The highest BCUT2D eigenvalue weighted by atomic mass is 35.5. The number of para-hydroxylation sites is 1. The van der Waals surface area contributed by atoms with Crippen molar-refractivity contribution in [1.29, 1.82) is 0 Å². The molecule has 0 spiro atoms. The fraction of sp³-hybridized carbons (Fsp3) is 0.0833. The van der Waals surface area contributed by atoms with Gasteiger partial charge in [-0.25, -0.2) is 0 Å². The zero-order valence-corrected chi connectivity index (χ0v) is 11.8. The number of rotatable bonds is 3. The number of halogens is 1. The van der Waals surface area contributed by atoms with Crippen molar-refractivity contribution in [3.8, 4) is 5.75 Å². The Morgan fingerprint density at radius 2 is 2.20 bits per heavy atom. The molecule has 0 aliphatic carbocycles. The fourth-order valence-corrected chi connectivity index (χ4v) is 2.74. The molecular weight excluding hydrogens is 304 g/mol. The lowest BCUT2D eigenvalue weighted by atomic mass is 10.2. The number of nitro benzene ring substituents is 1. The molecule has 0 fully saturated rings. The first kappa shape index (κ1) is 14.3. The first-order chi connectivity index (χ1) is 9.41. The number of thiophene rings is 1. The number of carbonyl (C=O) groups is 1. The molecular formula is C12H9ClN2O4S. The summed E-state index contributed by atoms with van der Waals surface area (Å²) in [5.74, 6) is -0.977. The molecule has 0 bridgehead atoms. The van der Waals surface area contributed by atoms with E-state index in [1.807, 2.05) is 0 Å². The predicted octanol–water partition coefficient (Wildman–Crippen LogP) is 3.58. The fourth-order valence-electron chi connectivity index (χ4n) is 1.56. The molecule has 0 unspecified atom stereocenters. The van der Waals surface area contributed by atoms with Crippen molar-refractivity contribution < 1.29 is 14.8 Å². The third-order valence-corrected chi connectivity index (χ3v) is 4.26. The van der Waals surface area contributed by atoms with Crippen molar-refractivity contribution in [3.05, 3.63) is 49.2 Å². The van der Waals surface area contributed by atoms with E-state index in [2.05, 4.69) is 5.32 Å². The van der Waals surface area contributed by atoms with E-state index in [1.165, 1.54) is 18.2 Å². The molecule has 6 nitrogen and oxygen atoms in total. The Bertz CT molecular complexity index is 699. The van der Waals surface area contributed by atoms with E-state index in [4.69, 9.17) is 11.6 Å². The second kappa shape index (κ2) is 5.48. The van der Waals surface area contributed by atoms with Crippen LogP contribution < -0.4 is 5.32 Å². The van der Waals surface area contributed by atoms with Crippen LogP contribution in [-0.2, 0) is 0 Å². The standard InChI is InChI=1S/C12H9ClN2O4S/c1-6-5-20-11(9(6)13)12(17)14-10-7(15(18)19)3-2-4-8(10)16/h2-5,16H,1H3,(H,14,17). The van der Waals surface area contributed by atoms with Crippen molar-refractivity contribution in [1.82, 2.24) is 0 Å². The van der Waals surface area contributed by atoms with Gasteiger partial charge in [-0.2, -0.15) is 0 Å². The Hall–Kier alpha value is -2.12. The van der Waals surface area contributed by atoms with Crippen LogP contribution in [0.3, 0.4) is 0 Å². The summed E-state index contributed by atoms with van der Waals surface area (Å²) >= 11 is 7.09. The van der Waals surface area contributed by atoms with Gasteiger partial charge in [-0.3, -0.25) is 14.9 Å². The summed E-state index contributed by atoms with van der Waals surface area (Å²) in [7, 11) is 0. The number of nitro groups is 1. The van der Waals surface area contributed by atoms with Crippen molar-refractivity contribution in [3.63, 3.8) is 0 Å². The number of nitrogens with zero attached hydrogens (tertiary/aromatic N) is 1. The molecule has 0 aliphatic rings. The van der Waals surface area contributed by atoms with Gasteiger partial charge in [-0.15, -0.1) is 11.3 Å². The highest BCUT2D eigenvalue weighted by Gasteiger charge is 2.22. The maximum absolute atomic E-state index is 12.1. The maximum Gasteiger partial charge on any atom is 0.296 e. The summed E-state index contributed by atoms with van der Waals surface area (Å²) in [5, 5.41) is 24.9. The summed E-state index contributed by atoms with van der Waals surface area (Å²) in [4.78, 5) is 22.5. The minimum atomic E-state index is -0.684. The van der Waals surface area contributed by atoms with Crippen LogP contribution in [0.2, 0.25) is 5.02 Å². The molecule has 2 N–H and O–H groups in total. The molecule has 20 heavy (non-hydrogen) atoms. The van der Waals surface area contributed by atoms with Gasteiger partial charge in [0.15, 0.2) is 5.69 Å². The molecule has 0 saturated carbocycles. The Morgan fingerprint density at radius 1 is 1.50 bits per heavy atom. The van der Waals surface area contributed by atoms with Crippen LogP contribution in [-0.4, -0.2) is 15.9 Å². The monoisotopic (exact) mass is 312 g/mol. The lowest BCUT2D eigenvalue weighted by molar-refractivity contribution is -0.384. The van der Waals surface area contributed by atoms with E-state index in [-0.39, 0.29) is 22.0 Å². The molecule has 1 aromatic heterocycles. The smallest absolute Gasteiger partial charge is 0.296 e. The van der Waals surface area contributed by atoms with Gasteiger partial charge < -0.3 is 10.4 Å². The quantitative estimate of drug-likeness (QED) is 0.514. The molecule has 1 heterocycles. The van der Waals surface area contributed by atoms with Gasteiger partial charge >= 0.3 is 0 Å². The minimum absolute atomic E-state index is 0.238. The van der Waals surface area contributed by atoms with E-state index in [0.717, 1.165) is 16.9 Å². The minimum Gasteiger partial charge on any atom is -0.505 e. The number of nitrogens with one attached hydrogen (secondary N) is 1. The van der Waals surface area contributed by atoms with Gasteiger partial charge in [0.05, 0.1) is 9.95 Å². The largest absolute Gasteiger partial charge is 0.505 e. The Morgan fingerprint density at radius 3 is 2.75 bits per heavy atom. The lowest BCUT2D eigenvalue weighted by Gasteiger charge is -2.07. The number of hydrogen-bond donors (Lipinski definition) is 2.